The van der Waals surface area contributed by atoms with Crippen LogP contribution in [0.15, 0.2) is 48.0 Å². The van der Waals surface area contributed by atoms with E-state index in [0.717, 1.165) is 25.7 Å². The Balaban J connectivity index is 1.82. The van der Waals surface area contributed by atoms with Gasteiger partial charge in [0.25, 0.3) is 0 Å². The van der Waals surface area contributed by atoms with Gasteiger partial charge in [-0.25, -0.2) is 4.98 Å². The summed E-state index contributed by atoms with van der Waals surface area (Å²) in [6, 6.07) is 6.22. The minimum absolute atomic E-state index is 0.0330. The number of ketones is 1. The van der Waals surface area contributed by atoms with Crippen LogP contribution >= 0.6 is 0 Å². The van der Waals surface area contributed by atoms with E-state index < -0.39 is 54.0 Å². The maximum Gasteiger partial charge on any atom is 0.243 e. The molecule has 4 atom stereocenters. The second-order valence-corrected chi connectivity index (χ2v) is 13.8. The number of benzene rings is 1. The average Bonchev–Trinajstić information content (AvgIpc) is 3.66. The van der Waals surface area contributed by atoms with Gasteiger partial charge in [-0.1, -0.05) is 81.4 Å². The monoisotopic (exact) mass is 724 g/mol. The Morgan fingerprint density at radius 3 is 2.42 bits per heavy atom. The molecule has 0 spiro atoms. The molecule has 4 unspecified atom stereocenters. The van der Waals surface area contributed by atoms with Gasteiger partial charge in [0.2, 0.25) is 17.7 Å². The summed E-state index contributed by atoms with van der Waals surface area (Å²) in [5, 5.41) is 10.0. The molecule has 0 saturated heterocycles. The highest BCUT2D eigenvalue weighted by molar-refractivity contribution is 6.12. The maximum atomic E-state index is 14.2. The van der Waals surface area contributed by atoms with Crippen molar-refractivity contribution in [2.24, 2.45) is 22.9 Å². The van der Waals surface area contributed by atoms with Crippen molar-refractivity contribution in [3.63, 3.8) is 0 Å². The minimum Gasteiger partial charge on any atom is -0.382 e. The van der Waals surface area contributed by atoms with Crippen molar-refractivity contribution in [2.75, 3.05) is 47.3 Å². The Hall–Kier alpha value is -4.30. The molecule has 1 aliphatic rings. The molecule has 1 fully saturated rings. The fourth-order valence-electron chi connectivity index (χ4n) is 6.40. The van der Waals surface area contributed by atoms with Gasteiger partial charge in [-0.05, 0) is 30.2 Å². The SMILES string of the molecule is COCCOCOCCN(C)C(=O)CC(C(=O)NC(Cc1cnc[nH]1)C(=O)NC(CC1CCCCC1)C(CC(C)C)N=[N+]=[N-])C(=O)c1ccccc1. The second kappa shape index (κ2) is 23.3. The highest BCUT2D eigenvalue weighted by Gasteiger charge is 2.35. The molecular weight excluding hydrogens is 668 g/mol. The molecule has 0 radical (unpaired) electrons. The van der Waals surface area contributed by atoms with E-state index in [-0.39, 0.29) is 37.8 Å². The molecule has 1 heterocycles. The number of carbonyl (C=O) groups excluding carboxylic acids is 4. The number of aromatic nitrogens is 2. The Kier molecular flexibility index (Phi) is 18.9. The number of imidazole rings is 1. The summed E-state index contributed by atoms with van der Waals surface area (Å²) in [5.41, 5.74) is 10.3. The van der Waals surface area contributed by atoms with Gasteiger partial charge < -0.3 is 34.7 Å². The number of carbonyl (C=O) groups is 4. The van der Waals surface area contributed by atoms with Gasteiger partial charge in [0, 0.05) is 62.0 Å². The number of hydrogen-bond acceptors (Lipinski definition) is 9. The van der Waals surface area contributed by atoms with E-state index in [4.69, 9.17) is 14.2 Å². The third-order valence-electron chi connectivity index (χ3n) is 9.29. The van der Waals surface area contributed by atoms with Gasteiger partial charge in [-0.3, -0.25) is 19.2 Å². The molecule has 0 aliphatic heterocycles. The summed E-state index contributed by atoms with van der Waals surface area (Å²) in [4.78, 5) is 67.1. The maximum absolute atomic E-state index is 14.2. The molecule has 3 N–H and O–H groups in total. The number of Topliss-reactive ketones (excluding diaryl/α,β-unsaturated/α-hetero) is 1. The van der Waals surface area contributed by atoms with Crippen LogP contribution in [0.1, 0.15) is 81.3 Å². The van der Waals surface area contributed by atoms with E-state index in [0.29, 0.717) is 37.7 Å². The summed E-state index contributed by atoms with van der Waals surface area (Å²) >= 11 is 0. The van der Waals surface area contributed by atoms with E-state index in [1.165, 1.54) is 17.6 Å². The topological polar surface area (TPSA) is 201 Å². The second-order valence-electron chi connectivity index (χ2n) is 13.8. The van der Waals surface area contributed by atoms with E-state index in [9.17, 15) is 24.7 Å². The first kappa shape index (κ1) is 42.1. The van der Waals surface area contributed by atoms with Gasteiger partial charge in [-0.15, -0.1) is 0 Å². The molecule has 15 heteroatoms. The lowest BCUT2D eigenvalue weighted by Gasteiger charge is -2.32. The Labute approximate surface area is 306 Å². The predicted molar refractivity (Wildman–Crippen MR) is 195 cm³/mol. The smallest absolute Gasteiger partial charge is 0.243 e. The molecule has 0 bridgehead atoms. The van der Waals surface area contributed by atoms with Crippen LogP contribution in [-0.2, 0) is 35.0 Å². The lowest BCUT2D eigenvalue weighted by molar-refractivity contribution is -0.136. The lowest BCUT2D eigenvalue weighted by atomic mass is 9.82. The van der Waals surface area contributed by atoms with Gasteiger partial charge in [-0.2, -0.15) is 0 Å². The highest BCUT2D eigenvalue weighted by Crippen LogP contribution is 2.30. The normalized spacial score (nSPS) is 15.6. The summed E-state index contributed by atoms with van der Waals surface area (Å²) in [6.45, 7) is 5.30. The molecule has 15 nitrogen and oxygen atoms in total. The molecule has 1 aromatic carbocycles. The number of methoxy groups -OCH3 is 1. The summed E-state index contributed by atoms with van der Waals surface area (Å²) < 4.78 is 15.6. The number of H-pyrrole nitrogens is 1. The number of azide groups is 1. The van der Waals surface area contributed by atoms with Crippen LogP contribution in [0.2, 0.25) is 0 Å². The first-order valence-electron chi connectivity index (χ1n) is 18.2. The number of aromatic amines is 1. The number of nitrogens with zero attached hydrogens (tertiary/aromatic N) is 5. The first-order chi connectivity index (χ1) is 25.1. The molecular formula is C37H56N8O7. The Morgan fingerprint density at radius 1 is 1.04 bits per heavy atom. The van der Waals surface area contributed by atoms with Crippen molar-refractivity contribution in [2.45, 2.75) is 89.8 Å². The van der Waals surface area contributed by atoms with Crippen LogP contribution < -0.4 is 10.6 Å². The lowest BCUT2D eigenvalue weighted by Crippen LogP contribution is -2.55. The summed E-state index contributed by atoms with van der Waals surface area (Å²) in [5.74, 6) is -3.06. The van der Waals surface area contributed by atoms with Crippen LogP contribution in [-0.4, -0.2) is 104 Å². The quantitative estimate of drug-likeness (QED) is 0.0265. The molecule has 1 aromatic heterocycles. The Bertz CT molecular complexity index is 1410. The zero-order valence-electron chi connectivity index (χ0n) is 31.0. The Morgan fingerprint density at radius 2 is 1.77 bits per heavy atom. The van der Waals surface area contributed by atoms with Crippen molar-refractivity contribution in [1.82, 2.24) is 25.5 Å². The van der Waals surface area contributed by atoms with Crippen molar-refractivity contribution in [3.8, 4) is 0 Å². The first-order valence-corrected chi connectivity index (χ1v) is 18.2. The van der Waals surface area contributed by atoms with Crippen LogP contribution in [0.5, 0.6) is 0 Å². The predicted octanol–water partition coefficient (Wildman–Crippen LogP) is 4.60. The molecule has 286 valence electrons. The molecule has 1 aliphatic carbocycles. The van der Waals surface area contributed by atoms with E-state index in [1.807, 2.05) is 13.8 Å². The fourth-order valence-corrected chi connectivity index (χ4v) is 6.40. The standard InChI is InChI=1S/C37H56N8O7/c1-26(2)19-32(43-44-38)31(20-27-11-7-5-8-12-27)41-37(49)33(21-29-23-39-24-40-29)42-36(48)30(35(47)28-13-9-6-10-14-28)22-34(46)45(3)15-16-51-25-52-18-17-50-4/h6,9-10,13-14,23-24,26-27,30-33H,5,7-8,11-12,15-22,25H2,1-4H3,(H,39,40)(H,41,49)(H,42,48). The molecule has 3 rings (SSSR count). The molecule has 52 heavy (non-hydrogen) atoms. The van der Waals surface area contributed by atoms with Gasteiger partial charge in [0.1, 0.15) is 18.8 Å². The van der Waals surface area contributed by atoms with Crippen LogP contribution in [0, 0.1) is 17.8 Å². The number of ether oxygens (including phenoxy) is 3. The van der Waals surface area contributed by atoms with Crippen LogP contribution in [0.25, 0.3) is 10.4 Å². The van der Waals surface area contributed by atoms with Gasteiger partial charge in [0.15, 0.2) is 5.78 Å². The molecule has 1 saturated carbocycles. The molecule has 3 amide bonds. The number of rotatable bonds is 24. The third kappa shape index (κ3) is 14.7. The zero-order chi connectivity index (χ0) is 37.7. The average molecular weight is 725 g/mol. The van der Waals surface area contributed by atoms with Crippen molar-refractivity contribution in [1.29, 1.82) is 0 Å². The number of nitrogens with one attached hydrogen (secondary N) is 3. The third-order valence-corrected chi connectivity index (χ3v) is 9.29. The van der Waals surface area contributed by atoms with Crippen molar-refractivity contribution in [3.05, 3.63) is 64.6 Å². The highest BCUT2D eigenvalue weighted by atomic mass is 16.7. The minimum atomic E-state index is -1.41. The van der Waals surface area contributed by atoms with E-state index >= 15 is 0 Å². The van der Waals surface area contributed by atoms with Gasteiger partial charge >= 0.3 is 0 Å². The molecule has 2 aromatic rings. The van der Waals surface area contributed by atoms with Crippen LogP contribution in [0.3, 0.4) is 0 Å². The van der Waals surface area contributed by atoms with E-state index in [2.05, 4.69) is 30.6 Å². The largest absolute Gasteiger partial charge is 0.382 e. The van der Waals surface area contributed by atoms with Crippen molar-refractivity contribution < 1.29 is 33.4 Å². The number of amides is 3. The fraction of sp³-hybridized carbons (Fsp3) is 0.649. The van der Waals surface area contributed by atoms with Gasteiger partial charge in [0.05, 0.1) is 32.2 Å². The van der Waals surface area contributed by atoms with Crippen LogP contribution in [0.4, 0.5) is 0 Å². The summed E-state index contributed by atoms with van der Waals surface area (Å²) in [6.07, 6.45) is 9.36. The van der Waals surface area contributed by atoms with E-state index in [1.54, 1.807) is 50.7 Å². The number of hydrogen-bond donors (Lipinski definition) is 3. The van der Waals surface area contributed by atoms with Crippen molar-refractivity contribution >= 4 is 23.5 Å². The summed E-state index contributed by atoms with van der Waals surface area (Å²) in [7, 11) is 3.14. The zero-order valence-corrected chi connectivity index (χ0v) is 31.0. The number of likely N-dealkylation sites (N-methyl/N-ethyl adjacent to an activating group) is 1.